The van der Waals surface area contributed by atoms with Crippen molar-refractivity contribution in [3.8, 4) is 11.8 Å². The number of aromatic nitrogens is 2. The molecule has 0 unspecified atom stereocenters. The number of nitriles is 1. The van der Waals surface area contributed by atoms with Crippen LogP contribution in [0.4, 0.5) is 5.82 Å². The Morgan fingerprint density at radius 2 is 2.12 bits per heavy atom. The Hall–Kier alpha value is -2.28. The molecule has 0 aliphatic rings. The zero-order valence-electron chi connectivity index (χ0n) is 9.96. The van der Waals surface area contributed by atoms with Crippen molar-refractivity contribution in [1.29, 1.82) is 5.26 Å². The summed E-state index contributed by atoms with van der Waals surface area (Å²) in [5.41, 5.74) is 1.44. The number of para-hydroxylation sites is 1. The topological polar surface area (TPSA) is 44.9 Å². The summed E-state index contributed by atoms with van der Waals surface area (Å²) in [6.45, 7) is 2.97. The first-order chi connectivity index (χ1) is 8.26. The number of rotatable bonds is 3. The second-order valence-electron chi connectivity index (χ2n) is 3.76. The highest BCUT2D eigenvalue weighted by atomic mass is 15.3. The summed E-state index contributed by atoms with van der Waals surface area (Å²) in [7, 11) is 1.99. The molecular formula is C13H14N4. The molecule has 0 N–H and O–H groups in total. The molecule has 0 bridgehead atoms. The Labute approximate surface area is 101 Å². The van der Waals surface area contributed by atoms with Crippen molar-refractivity contribution in [2.45, 2.75) is 6.92 Å². The molecule has 2 aromatic rings. The second-order valence-corrected chi connectivity index (χ2v) is 3.76. The van der Waals surface area contributed by atoms with Gasteiger partial charge in [0.2, 0.25) is 0 Å². The molecule has 4 heteroatoms. The van der Waals surface area contributed by atoms with Crippen molar-refractivity contribution >= 4 is 5.82 Å². The van der Waals surface area contributed by atoms with Crippen LogP contribution in [0.2, 0.25) is 0 Å². The van der Waals surface area contributed by atoms with E-state index in [0.717, 1.165) is 18.1 Å². The van der Waals surface area contributed by atoms with Crippen LogP contribution in [0.5, 0.6) is 0 Å². The zero-order chi connectivity index (χ0) is 12.3. The quantitative estimate of drug-likeness (QED) is 0.806. The minimum Gasteiger partial charge on any atom is -0.358 e. The van der Waals surface area contributed by atoms with E-state index in [-0.39, 0.29) is 0 Å². The fourth-order valence-corrected chi connectivity index (χ4v) is 1.58. The van der Waals surface area contributed by atoms with Crippen LogP contribution in [-0.2, 0) is 0 Å². The molecule has 2 rings (SSSR count). The summed E-state index contributed by atoms with van der Waals surface area (Å²) in [6, 6.07) is 11.6. The Bertz CT molecular complexity index is 551. The molecule has 0 saturated carbocycles. The van der Waals surface area contributed by atoms with Crippen LogP contribution in [0.25, 0.3) is 5.69 Å². The summed E-state index contributed by atoms with van der Waals surface area (Å²) in [5, 5.41) is 13.5. The van der Waals surface area contributed by atoms with Gasteiger partial charge in [-0.05, 0) is 19.1 Å². The lowest BCUT2D eigenvalue weighted by atomic mass is 10.2. The Kier molecular flexibility index (Phi) is 3.10. The summed E-state index contributed by atoms with van der Waals surface area (Å²) in [5.74, 6) is 0.903. The molecule has 0 aliphatic heterocycles. The molecule has 0 fully saturated rings. The first kappa shape index (κ1) is 11.2. The maximum atomic E-state index is 9.04. The Morgan fingerprint density at radius 1 is 1.35 bits per heavy atom. The van der Waals surface area contributed by atoms with Crippen molar-refractivity contribution in [2.75, 3.05) is 18.5 Å². The SMILES string of the molecule is CCN(C)c1ccn(-c2ccccc2C#N)n1. The average molecular weight is 226 g/mol. The van der Waals surface area contributed by atoms with Crippen molar-refractivity contribution < 1.29 is 0 Å². The van der Waals surface area contributed by atoms with E-state index >= 15 is 0 Å². The average Bonchev–Trinajstić information content (AvgIpc) is 2.87. The maximum absolute atomic E-state index is 9.04. The molecule has 1 aromatic heterocycles. The van der Waals surface area contributed by atoms with Gasteiger partial charge in [0.15, 0.2) is 5.82 Å². The highest BCUT2D eigenvalue weighted by molar-refractivity contribution is 5.49. The largest absolute Gasteiger partial charge is 0.358 e. The van der Waals surface area contributed by atoms with Crippen LogP contribution in [0, 0.1) is 11.3 Å². The Morgan fingerprint density at radius 3 is 2.82 bits per heavy atom. The molecule has 0 spiro atoms. The third-order valence-electron chi connectivity index (χ3n) is 2.71. The molecule has 0 saturated heterocycles. The predicted molar refractivity (Wildman–Crippen MR) is 67.2 cm³/mol. The zero-order valence-corrected chi connectivity index (χ0v) is 9.96. The lowest BCUT2D eigenvalue weighted by molar-refractivity contribution is 0.844. The third-order valence-corrected chi connectivity index (χ3v) is 2.71. The second kappa shape index (κ2) is 4.71. The summed E-state index contributed by atoms with van der Waals surface area (Å²) in [4.78, 5) is 2.05. The third kappa shape index (κ3) is 2.13. The number of nitrogens with zero attached hydrogens (tertiary/aromatic N) is 4. The van der Waals surface area contributed by atoms with Gasteiger partial charge in [0.1, 0.15) is 6.07 Å². The van der Waals surface area contributed by atoms with Gasteiger partial charge in [-0.1, -0.05) is 12.1 Å². The molecule has 1 aromatic carbocycles. The molecule has 1 heterocycles. The first-order valence-electron chi connectivity index (χ1n) is 5.52. The lowest BCUT2D eigenvalue weighted by Crippen LogP contribution is -2.16. The van der Waals surface area contributed by atoms with E-state index in [9.17, 15) is 0 Å². The fourth-order valence-electron chi connectivity index (χ4n) is 1.58. The van der Waals surface area contributed by atoms with Crippen LogP contribution in [0.15, 0.2) is 36.5 Å². The maximum Gasteiger partial charge on any atom is 0.150 e. The molecule has 4 nitrogen and oxygen atoms in total. The first-order valence-corrected chi connectivity index (χ1v) is 5.52. The molecule has 0 aliphatic carbocycles. The van der Waals surface area contributed by atoms with Crippen LogP contribution in [0.3, 0.4) is 0 Å². The molecule has 0 atom stereocenters. The highest BCUT2D eigenvalue weighted by Crippen LogP contribution is 2.16. The molecule has 86 valence electrons. The van der Waals surface area contributed by atoms with E-state index in [1.54, 1.807) is 10.7 Å². The highest BCUT2D eigenvalue weighted by Gasteiger charge is 2.07. The monoisotopic (exact) mass is 226 g/mol. The van der Waals surface area contributed by atoms with Gasteiger partial charge in [-0.3, -0.25) is 0 Å². The molecule has 0 radical (unpaired) electrons. The normalized spacial score (nSPS) is 9.94. The smallest absolute Gasteiger partial charge is 0.150 e. The van der Waals surface area contributed by atoms with Crippen molar-refractivity contribution in [2.24, 2.45) is 0 Å². The van der Waals surface area contributed by atoms with Crippen LogP contribution < -0.4 is 4.90 Å². The van der Waals surface area contributed by atoms with Crippen molar-refractivity contribution in [3.63, 3.8) is 0 Å². The number of benzene rings is 1. The molecule has 0 amide bonds. The van der Waals surface area contributed by atoms with E-state index in [0.29, 0.717) is 5.56 Å². The number of hydrogen-bond donors (Lipinski definition) is 0. The molecule has 17 heavy (non-hydrogen) atoms. The summed E-state index contributed by atoms with van der Waals surface area (Å²) < 4.78 is 1.74. The minimum atomic E-state index is 0.626. The van der Waals surface area contributed by atoms with E-state index in [1.165, 1.54) is 0 Å². The van der Waals surface area contributed by atoms with Gasteiger partial charge in [-0.25, -0.2) is 4.68 Å². The van der Waals surface area contributed by atoms with E-state index in [4.69, 9.17) is 5.26 Å². The fraction of sp³-hybridized carbons (Fsp3) is 0.231. The van der Waals surface area contributed by atoms with Crippen molar-refractivity contribution in [3.05, 3.63) is 42.1 Å². The van der Waals surface area contributed by atoms with E-state index in [1.807, 2.05) is 42.4 Å². The van der Waals surface area contributed by atoms with Gasteiger partial charge in [-0.15, -0.1) is 0 Å². The van der Waals surface area contributed by atoms with E-state index < -0.39 is 0 Å². The summed E-state index contributed by atoms with van der Waals surface area (Å²) >= 11 is 0. The van der Waals surface area contributed by atoms with E-state index in [2.05, 4.69) is 18.1 Å². The number of hydrogen-bond acceptors (Lipinski definition) is 3. The summed E-state index contributed by atoms with van der Waals surface area (Å²) in [6.07, 6.45) is 1.87. The van der Waals surface area contributed by atoms with Crippen molar-refractivity contribution in [1.82, 2.24) is 9.78 Å². The van der Waals surface area contributed by atoms with Gasteiger partial charge in [-0.2, -0.15) is 10.4 Å². The van der Waals surface area contributed by atoms with Crippen LogP contribution in [0.1, 0.15) is 12.5 Å². The van der Waals surface area contributed by atoms with Crippen LogP contribution >= 0.6 is 0 Å². The van der Waals surface area contributed by atoms with Crippen LogP contribution in [-0.4, -0.2) is 23.4 Å². The van der Waals surface area contributed by atoms with Gasteiger partial charge in [0, 0.05) is 25.9 Å². The molecular weight excluding hydrogens is 212 g/mol. The Balaban J connectivity index is 2.41. The standard InChI is InChI=1S/C13H14N4/c1-3-16(2)13-8-9-17(15-13)12-7-5-4-6-11(12)10-14/h4-9H,3H2,1-2H3. The lowest BCUT2D eigenvalue weighted by Gasteiger charge is -2.12. The van der Waals surface area contributed by atoms with Gasteiger partial charge < -0.3 is 4.90 Å². The van der Waals surface area contributed by atoms with Gasteiger partial charge >= 0.3 is 0 Å². The number of anilines is 1. The predicted octanol–water partition coefficient (Wildman–Crippen LogP) is 2.20. The van der Waals surface area contributed by atoms with Gasteiger partial charge in [0.05, 0.1) is 11.3 Å². The van der Waals surface area contributed by atoms with Gasteiger partial charge in [0.25, 0.3) is 0 Å². The minimum absolute atomic E-state index is 0.626.